The van der Waals surface area contributed by atoms with Gasteiger partial charge in [-0.15, -0.1) is 0 Å². The van der Waals surface area contributed by atoms with Gasteiger partial charge in [0.2, 0.25) is 0 Å². The number of halogens is 3. The van der Waals surface area contributed by atoms with Crippen molar-refractivity contribution in [2.75, 3.05) is 18.4 Å². The third-order valence-electron chi connectivity index (χ3n) is 6.26. The van der Waals surface area contributed by atoms with Crippen molar-refractivity contribution >= 4 is 23.0 Å². The second kappa shape index (κ2) is 9.36. The molecule has 2 aromatic heterocycles. The van der Waals surface area contributed by atoms with Gasteiger partial charge in [-0.05, 0) is 43.0 Å². The van der Waals surface area contributed by atoms with Gasteiger partial charge in [-0.2, -0.15) is 4.98 Å². The number of anilines is 1. The van der Waals surface area contributed by atoms with E-state index < -0.39 is 23.4 Å². The molecule has 0 bridgehead atoms. The molecule has 1 N–H and O–H groups in total. The lowest BCUT2D eigenvalue weighted by atomic mass is 9.89. The summed E-state index contributed by atoms with van der Waals surface area (Å²) in [6.07, 6.45) is 4.50. The van der Waals surface area contributed by atoms with E-state index in [4.69, 9.17) is 4.42 Å². The first-order valence-corrected chi connectivity index (χ1v) is 11.3. The zero-order valence-corrected chi connectivity index (χ0v) is 18.8. The first kappa shape index (κ1) is 22.8. The summed E-state index contributed by atoms with van der Waals surface area (Å²) < 4.78 is 48.2. The van der Waals surface area contributed by atoms with E-state index in [0.29, 0.717) is 23.7 Å². The van der Waals surface area contributed by atoms with E-state index in [1.807, 2.05) is 6.92 Å². The van der Waals surface area contributed by atoms with E-state index >= 15 is 4.39 Å². The smallest absolute Gasteiger partial charge is 0.295 e. The summed E-state index contributed by atoms with van der Waals surface area (Å²) >= 11 is 0. The van der Waals surface area contributed by atoms with Crippen LogP contribution in [0.3, 0.4) is 0 Å². The van der Waals surface area contributed by atoms with Crippen molar-refractivity contribution in [3.05, 3.63) is 71.8 Å². The Bertz CT molecular complexity index is 1380. The lowest BCUT2D eigenvalue weighted by molar-refractivity contribution is 0.0535. The maximum atomic E-state index is 15.0. The number of benzene rings is 2. The van der Waals surface area contributed by atoms with Gasteiger partial charge in [0.1, 0.15) is 23.0 Å². The minimum atomic E-state index is -0.969. The molecule has 1 amide bonds. The number of hydrogen-bond acceptors (Lipinski definition) is 6. The van der Waals surface area contributed by atoms with Crippen molar-refractivity contribution in [1.82, 2.24) is 19.9 Å². The van der Waals surface area contributed by atoms with Gasteiger partial charge < -0.3 is 14.6 Å². The van der Waals surface area contributed by atoms with Crippen LogP contribution in [0.4, 0.5) is 19.2 Å². The lowest BCUT2D eigenvalue weighted by Crippen LogP contribution is -2.51. The van der Waals surface area contributed by atoms with Crippen LogP contribution in [0, 0.1) is 23.4 Å². The predicted molar refractivity (Wildman–Crippen MR) is 123 cm³/mol. The summed E-state index contributed by atoms with van der Waals surface area (Å²) in [6, 6.07) is 7.28. The van der Waals surface area contributed by atoms with Crippen LogP contribution in [0.15, 0.2) is 53.2 Å². The van der Waals surface area contributed by atoms with Gasteiger partial charge in [0, 0.05) is 43.2 Å². The first-order chi connectivity index (χ1) is 16.9. The Labute approximate surface area is 199 Å². The van der Waals surface area contributed by atoms with Gasteiger partial charge in [0.15, 0.2) is 11.4 Å². The molecule has 5 rings (SSSR count). The Hall–Kier alpha value is -3.95. The van der Waals surface area contributed by atoms with Crippen LogP contribution in [-0.2, 0) is 0 Å². The van der Waals surface area contributed by atoms with Crippen LogP contribution >= 0.6 is 0 Å². The fourth-order valence-electron chi connectivity index (χ4n) is 4.53. The zero-order chi connectivity index (χ0) is 24.5. The largest absolute Gasteiger partial charge is 0.423 e. The molecule has 1 saturated heterocycles. The second-order valence-corrected chi connectivity index (χ2v) is 8.58. The zero-order valence-electron chi connectivity index (χ0n) is 18.8. The van der Waals surface area contributed by atoms with Crippen molar-refractivity contribution in [2.24, 2.45) is 5.92 Å². The molecule has 2 atom stereocenters. The SMILES string of the molecule is CC1CCCN(C(=O)c2c(F)cc(F)cc2-c2ncccn2)C1CNc1nc2ccc(F)cc2o1. The van der Waals surface area contributed by atoms with E-state index in [1.54, 1.807) is 11.0 Å². The van der Waals surface area contributed by atoms with Gasteiger partial charge in [0.05, 0.1) is 11.6 Å². The number of oxazole rings is 1. The number of aromatic nitrogens is 3. The molecule has 0 saturated carbocycles. The highest BCUT2D eigenvalue weighted by molar-refractivity contribution is 6.00. The minimum Gasteiger partial charge on any atom is -0.423 e. The predicted octanol–water partition coefficient (Wildman–Crippen LogP) is 5.05. The molecule has 1 aliphatic rings. The fourth-order valence-corrected chi connectivity index (χ4v) is 4.53. The highest BCUT2D eigenvalue weighted by atomic mass is 19.1. The van der Waals surface area contributed by atoms with E-state index in [0.717, 1.165) is 18.9 Å². The van der Waals surface area contributed by atoms with E-state index in [2.05, 4.69) is 20.3 Å². The monoisotopic (exact) mass is 481 g/mol. The number of amides is 1. The van der Waals surface area contributed by atoms with E-state index in [1.165, 1.54) is 30.6 Å². The average Bonchev–Trinajstić information content (AvgIpc) is 3.25. The molecule has 2 aromatic carbocycles. The molecule has 3 heterocycles. The number of rotatable bonds is 5. The molecule has 0 aliphatic carbocycles. The first-order valence-electron chi connectivity index (χ1n) is 11.3. The molecule has 4 aromatic rings. The fraction of sp³-hybridized carbons (Fsp3) is 0.280. The second-order valence-electron chi connectivity index (χ2n) is 8.58. The van der Waals surface area contributed by atoms with Gasteiger partial charge in [-0.25, -0.2) is 23.1 Å². The van der Waals surface area contributed by atoms with Crippen LogP contribution in [0.2, 0.25) is 0 Å². The number of hydrogen-bond donors (Lipinski definition) is 1. The van der Waals surface area contributed by atoms with Gasteiger partial charge in [-0.1, -0.05) is 6.92 Å². The van der Waals surface area contributed by atoms with Crippen LogP contribution in [0.5, 0.6) is 0 Å². The highest BCUT2D eigenvalue weighted by Crippen LogP contribution is 2.31. The lowest BCUT2D eigenvalue weighted by Gasteiger charge is -2.40. The Morgan fingerprint density at radius 1 is 1.14 bits per heavy atom. The van der Waals surface area contributed by atoms with Crippen molar-refractivity contribution in [2.45, 2.75) is 25.8 Å². The van der Waals surface area contributed by atoms with E-state index in [9.17, 15) is 13.6 Å². The van der Waals surface area contributed by atoms with Crippen molar-refractivity contribution in [3.8, 4) is 11.4 Å². The van der Waals surface area contributed by atoms with Crippen molar-refractivity contribution in [1.29, 1.82) is 0 Å². The average molecular weight is 481 g/mol. The molecule has 0 spiro atoms. The standard InChI is InChI=1S/C25H22F3N5O2/c1-14-4-2-9-33(20(14)13-31-25-32-19-6-5-15(26)12-21(19)35-25)24(34)22-17(10-16(27)11-18(22)28)23-29-7-3-8-30-23/h3,5-8,10-12,14,20H,2,4,9,13H2,1H3,(H,31,32). The number of carbonyl (C=O) groups excluding carboxylic acids is 1. The highest BCUT2D eigenvalue weighted by Gasteiger charge is 2.35. The Kier molecular flexibility index (Phi) is 6.10. The van der Waals surface area contributed by atoms with Crippen molar-refractivity contribution < 1.29 is 22.4 Å². The maximum Gasteiger partial charge on any atom is 0.295 e. The van der Waals surface area contributed by atoms with E-state index in [-0.39, 0.29) is 41.5 Å². The third-order valence-corrected chi connectivity index (χ3v) is 6.26. The molecule has 1 aliphatic heterocycles. The number of nitrogens with one attached hydrogen (secondary N) is 1. The summed E-state index contributed by atoms with van der Waals surface area (Å²) in [6.45, 7) is 2.69. The number of fused-ring (bicyclic) bond motifs is 1. The third kappa shape index (κ3) is 4.55. The number of likely N-dealkylation sites (tertiary alicyclic amines) is 1. The summed E-state index contributed by atoms with van der Waals surface area (Å²) in [7, 11) is 0. The topological polar surface area (TPSA) is 84.2 Å². The number of piperidine rings is 1. The molecule has 2 unspecified atom stereocenters. The normalized spacial score (nSPS) is 18.1. The van der Waals surface area contributed by atoms with Crippen LogP contribution in [0.25, 0.3) is 22.5 Å². The van der Waals surface area contributed by atoms with Crippen molar-refractivity contribution in [3.63, 3.8) is 0 Å². The Morgan fingerprint density at radius 3 is 2.74 bits per heavy atom. The summed E-state index contributed by atoms with van der Waals surface area (Å²) in [5, 5.41) is 3.09. The summed E-state index contributed by atoms with van der Waals surface area (Å²) in [5.41, 5.74) is 0.533. The summed E-state index contributed by atoms with van der Waals surface area (Å²) in [5.74, 6) is -2.64. The molecule has 7 nitrogen and oxygen atoms in total. The molecule has 10 heteroatoms. The maximum absolute atomic E-state index is 15.0. The number of nitrogens with zero attached hydrogens (tertiary/aromatic N) is 4. The summed E-state index contributed by atoms with van der Waals surface area (Å²) in [4.78, 5) is 27.7. The molecule has 0 radical (unpaired) electrons. The van der Waals surface area contributed by atoms with Gasteiger partial charge in [0.25, 0.3) is 11.9 Å². The molecule has 35 heavy (non-hydrogen) atoms. The Balaban J connectivity index is 1.44. The minimum absolute atomic E-state index is 0.000914. The molecule has 180 valence electrons. The van der Waals surface area contributed by atoms with Gasteiger partial charge in [-0.3, -0.25) is 4.79 Å². The molecular formula is C25H22F3N5O2. The molecular weight excluding hydrogens is 459 g/mol. The number of carbonyl (C=O) groups is 1. The quantitative estimate of drug-likeness (QED) is 0.429. The molecule has 1 fully saturated rings. The van der Waals surface area contributed by atoms with Crippen LogP contribution in [0.1, 0.15) is 30.1 Å². The van der Waals surface area contributed by atoms with Crippen LogP contribution in [-0.4, -0.2) is 44.9 Å². The Morgan fingerprint density at radius 2 is 1.94 bits per heavy atom. The van der Waals surface area contributed by atoms with Crippen LogP contribution < -0.4 is 5.32 Å². The van der Waals surface area contributed by atoms with Gasteiger partial charge >= 0.3 is 0 Å².